The van der Waals surface area contributed by atoms with Crippen molar-refractivity contribution in [3.63, 3.8) is 0 Å². The molecule has 0 radical (unpaired) electrons. The van der Waals surface area contributed by atoms with Gasteiger partial charge in [0.2, 0.25) is 0 Å². The number of benzene rings is 1. The Kier molecular flexibility index (Phi) is 4.41. The molecule has 1 aromatic carbocycles. The van der Waals surface area contributed by atoms with Gasteiger partial charge in [0.1, 0.15) is 0 Å². The van der Waals surface area contributed by atoms with Crippen LogP contribution in [0.1, 0.15) is 16.1 Å². The molecule has 0 saturated carbocycles. The summed E-state index contributed by atoms with van der Waals surface area (Å²) in [5, 5.41) is 1.27. The van der Waals surface area contributed by atoms with Gasteiger partial charge >= 0.3 is 0 Å². The third kappa shape index (κ3) is 2.52. The van der Waals surface area contributed by atoms with Crippen LogP contribution in [0.25, 0.3) is 19.5 Å². The van der Waals surface area contributed by atoms with Crippen molar-refractivity contribution in [3.8, 4) is 0 Å². The molecule has 0 bridgehead atoms. The summed E-state index contributed by atoms with van der Waals surface area (Å²) in [5.74, 6) is 0.638. The number of likely N-dealkylation sites (tertiary alicyclic amines) is 1. The molecule has 4 rings (SSSR count). The van der Waals surface area contributed by atoms with E-state index in [-0.39, 0.29) is 18.3 Å². The molecular formula is C16H17ClN2OS2. The number of carbonyl (C=O) groups excluding carboxylic acids is 1. The third-order valence-electron chi connectivity index (χ3n) is 4.17. The maximum atomic E-state index is 12.6. The van der Waals surface area contributed by atoms with Gasteiger partial charge in [-0.05, 0) is 31.0 Å². The second-order valence-electron chi connectivity index (χ2n) is 5.54. The van der Waals surface area contributed by atoms with Crippen molar-refractivity contribution < 1.29 is 4.79 Å². The highest BCUT2D eigenvalue weighted by Gasteiger charge is 2.27. The lowest BCUT2D eigenvalue weighted by Gasteiger charge is -2.14. The summed E-state index contributed by atoms with van der Waals surface area (Å²) in [6.07, 6.45) is 1.03. The van der Waals surface area contributed by atoms with Crippen LogP contribution in [0.2, 0.25) is 0 Å². The minimum atomic E-state index is 0. The summed E-state index contributed by atoms with van der Waals surface area (Å²) >= 11 is 3.39. The lowest BCUT2D eigenvalue weighted by molar-refractivity contribution is 0.0792. The van der Waals surface area contributed by atoms with Crippen molar-refractivity contribution in [1.82, 2.24) is 4.90 Å². The zero-order valence-corrected chi connectivity index (χ0v) is 14.4. The third-order valence-corrected chi connectivity index (χ3v) is 6.57. The van der Waals surface area contributed by atoms with Gasteiger partial charge in [0.15, 0.2) is 0 Å². The summed E-state index contributed by atoms with van der Waals surface area (Å²) in [6.45, 7) is 2.32. The normalized spacial score (nSPS) is 18.0. The highest BCUT2D eigenvalue weighted by atomic mass is 35.5. The second kappa shape index (κ2) is 6.16. The molecule has 1 aliphatic rings. The van der Waals surface area contributed by atoms with Crippen molar-refractivity contribution in [3.05, 3.63) is 35.2 Å². The predicted octanol–water partition coefficient (Wildman–Crippen LogP) is 3.96. The van der Waals surface area contributed by atoms with Gasteiger partial charge in [0.05, 0.1) is 9.58 Å². The van der Waals surface area contributed by atoms with E-state index in [0.717, 1.165) is 24.4 Å². The Labute approximate surface area is 143 Å². The fraction of sp³-hybridized carbons (Fsp3) is 0.312. The van der Waals surface area contributed by atoms with Crippen molar-refractivity contribution >= 4 is 60.5 Å². The van der Waals surface area contributed by atoms with E-state index < -0.39 is 0 Å². The Morgan fingerprint density at radius 3 is 2.86 bits per heavy atom. The molecular weight excluding hydrogens is 336 g/mol. The maximum absolute atomic E-state index is 12.6. The van der Waals surface area contributed by atoms with E-state index >= 15 is 0 Å². The summed E-state index contributed by atoms with van der Waals surface area (Å²) in [7, 11) is 0. The van der Waals surface area contributed by atoms with Gasteiger partial charge in [-0.3, -0.25) is 4.79 Å². The van der Waals surface area contributed by atoms with Crippen LogP contribution in [0, 0.1) is 5.92 Å². The number of nitrogens with two attached hydrogens (primary N) is 1. The van der Waals surface area contributed by atoms with E-state index in [1.165, 1.54) is 19.5 Å². The van der Waals surface area contributed by atoms with E-state index in [1.54, 1.807) is 22.7 Å². The zero-order chi connectivity index (χ0) is 14.4. The second-order valence-corrected chi connectivity index (χ2v) is 7.68. The monoisotopic (exact) mass is 352 g/mol. The van der Waals surface area contributed by atoms with Crippen molar-refractivity contribution in [2.75, 3.05) is 19.6 Å². The number of amides is 1. The predicted molar refractivity (Wildman–Crippen MR) is 97.5 cm³/mol. The molecule has 2 N–H and O–H groups in total. The SMILES string of the molecule is Cl.NCC1CCN(C(=O)c2cc3sc4ccccc4c3s2)C1. The molecule has 6 heteroatoms. The summed E-state index contributed by atoms with van der Waals surface area (Å²) in [4.78, 5) is 15.4. The molecule has 3 aromatic rings. The number of halogens is 1. The molecule has 3 heterocycles. The molecule has 1 unspecified atom stereocenters. The van der Waals surface area contributed by atoms with Crippen LogP contribution >= 0.6 is 35.1 Å². The number of nitrogens with zero attached hydrogens (tertiary/aromatic N) is 1. The first kappa shape index (κ1) is 15.7. The number of hydrogen-bond acceptors (Lipinski definition) is 4. The van der Waals surface area contributed by atoms with Gasteiger partial charge in [-0.2, -0.15) is 0 Å². The molecule has 2 aromatic heterocycles. The first-order valence-corrected chi connectivity index (χ1v) is 8.80. The molecule has 0 aliphatic carbocycles. The zero-order valence-electron chi connectivity index (χ0n) is 12.0. The van der Waals surface area contributed by atoms with Crippen molar-refractivity contribution in [2.24, 2.45) is 11.7 Å². The maximum Gasteiger partial charge on any atom is 0.264 e. The quantitative estimate of drug-likeness (QED) is 0.758. The number of fused-ring (bicyclic) bond motifs is 3. The van der Waals surface area contributed by atoms with Gasteiger partial charge in [-0.1, -0.05) is 18.2 Å². The Balaban J connectivity index is 0.00000144. The first-order valence-electron chi connectivity index (χ1n) is 7.16. The molecule has 1 aliphatic heterocycles. The van der Waals surface area contributed by atoms with Crippen molar-refractivity contribution in [2.45, 2.75) is 6.42 Å². The van der Waals surface area contributed by atoms with Crippen LogP contribution < -0.4 is 5.73 Å². The lowest BCUT2D eigenvalue weighted by atomic mass is 10.1. The molecule has 1 fully saturated rings. The van der Waals surface area contributed by atoms with E-state index in [4.69, 9.17) is 5.73 Å². The van der Waals surface area contributed by atoms with E-state index in [2.05, 4.69) is 30.3 Å². The molecule has 22 heavy (non-hydrogen) atoms. The Hall–Kier alpha value is -1.14. The van der Waals surface area contributed by atoms with Crippen molar-refractivity contribution in [1.29, 1.82) is 0 Å². The highest BCUT2D eigenvalue weighted by Crippen LogP contribution is 2.39. The van der Waals surface area contributed by atoms with Gasteiger partial charge in [-0.25, -0.2) is 0 Å². The Bertz CT molecular complexity index is 826. The number of rotatable bonds is 2. The van der Waals surface area contributed by atoms with E-state index in [9.17, 15) is 4.79 Å². The Morgan fingerprint density at radius 1 is 1.27 bits per heavy atom. The van der Waals surface area contributed by atoms with Crippen LogP contribution in [0.4, 0.5) is 0 Å². The number of carbonyl (C=O) groups is 1. The van der Waals surface area contributed by atoms with Gasteiger partial charge < -0.3 is 10.6 Å². The summed E-state index contributed by atoms with van der Waals surface area (Å²) in [6, 6.07) is 10.5. The highest BCUT2D eigenvalue weighted by molar-refractivity contribution is 7.33. The standard InChI is InChI=1S/C16H16N2OS2.ClH/c17-8-10-5-6-18(9-10)16(19)14-7-13-15(21-14)11-3-1-2-4-12(11)20-13;/h1-4,7,10H,5-6,8-9,17H2;1H. The van der Waals surface area contributed by atoms with Gasteiger partial charge in [0, 0.05) is 27.9 Å². The van der Waals surface area contributed by atoms with Crippen LogP contribution in [0.3, 0.4) is 0 Å². The largest absolute Gasteiger partial charge is 0.338 e. The average Bonchev–Trinajstić information content (AvgIpc) is 3.20. The smallest absolute Gasteiger partial charge is 0.264 e. The van der Waals surface area contributed by atoms with Gasteiger partial charge in [-0.15, -0.1) is 35.1 Å². The van der Waals surface area contributed by atoms with Gasteiger partial charge in [0.25, 0.3) is 5.91 Å². The molecule has 3 nitrogen and oxygen atoms in total. The van der Waals surface area contributed by atoms with E-state index in [1.807, 2.05) is 4.90 Å². The minimum Gasteiger partial charge on any atom is -0.338 e. The van der Waals surface area contributed by atoms with Crippen LogP contribution in [-0.2, 0) is 0 Å². The molecule has 1 saturated heterocycles. The molecule has 1 atom stereocenters. The lowest BCUT2D eigenvalue weighted by Crippen LogP contribution is -2.29. The molecule has 0 spiro atoms. The number of hydrogen-bond donors (Lipinski definition) is 1. The summed E-state index contributed by atoms with van der Waals surface area (Å²) in [5.41, 5.74) is 5.71. The summed E-state index contributed by atoms with van der Waals surface area (Å²) < 4.78 is 3.76. The fourth-order valence-corrected chi connectivity index (χ4v) is 5.46. The van der Waals surface area contributed by atoms with Crippen LogP contribution in [0.15, 0.2) is 30.3 Å². The first-order chi connectivity index (χ1) is 10.3. The minimum absolute atomic E-state index is 0. The Morgan fingerprint density at radius 2 is 2.09 bits per heavy atom. The average molecular weight is 353 g/mol. The van der Waals surface area contributed by atoms with Crippen LogP contribution in [0.5, 0.6) is 0 Å². The fourth-order valence-electron chi connectivity index (χ4n) is 2.97. The van der Waals surface area contributed by atoms with Crippen LogP contribution in [-0.4, -0.2) is 30.4 Å². The van der Waals surface area contributed by atoms with E-state index in [0.29, 0.717) is 12.5 Å². The molecule has 116 valence electrons. The topological polar surface area (TPSA) is 46.3 Å². The molecule has 1 amide bonds. The number of thiophene rings is 2.